The van der Waals surface area contributed by atoms with E-state index in [4.69, 9.17) is 0 Å². The van der Waals surface area contributed by atoms with E-state index < -0.39 is 24.3 Å². The summed E-state index contributed by atoms with van der Waals surface area (Å²) in [6.07, 6.45) is -1.30. The summed E-state index contributed by atoms with van der Waals surface area (Å²) in [5.74, 6) is -0.459. The van der Waals surface area contributed by atoms with Crippen LogP contribution in [-0.4, -0.2) is 21.0 Å². The predicted octanol–water partition coefficient (Wildman–Crippen LogP) is 2.86. The fraction of sp³-hybridized carbons (Fsp3) is 0.133. The van der Waals surface area contributed by atoms with Gasteiger partial charge in [0.15, 0.2) is 5.65 Å². The lowest BCUT2D eigenvalue weighted by Gasteiger charge is -2.11. The SMILES string of the molecule is O=c1c(-c2ccc(F)cc2)nc2cccnc2n1CC(F)F. The molecule has 0 atom stereocenters. The van der Waals surface area contributed by atoms with Crippen molar-refractivity contribution in [2.75, 3.05) is 0 Å². The standard InChI is InChI=1S/C15H10F3N3O/c16-10-5-3-9(4-6-10)13-15(22)21(8-12(17)18)14-11(20-13)2-1-7-19-14/h1-7,12H,8H2. The van der Waals surface area contributed by atoms with Crippen LogP contribution in [0.1, 0.15) is 0 Å². The van der Waals surface area contributed by atoms with E-state index in [2.05, 4.69) is 9.97 Å². The third-order valence-corrected chi connectivity index (χ3v) is 3.14. The number of fused-ring (bicyclic) bond motifs is 1. The van der Waals surface area contributed by atoms with Gasteiger partial charge in [-0.15, -0.1) is 0 Å². The van der Waals surface area contributed by atoms with E-state index in [9.17, 15) is 18.0 Å². The molecule has 0 amide bonds. The minimum Gasteiger partial charge on any atom is -0.284 e. The zero-order valence-corrected chi connectivity index (χ0v) is 11.2. The Labute approximate surface area is 122 Å². The van der Waals surface area contributed by atoms with Gasteiger partial charge in [-0.2, -0.15) is 0 Å². The first-order chi connectivity index (χ1) is 10.6. The molecule has 0 fully saturated rings. The number of halogens is 3. The molecular weight excluding hydrogens is 295 g/mol. The van der Waals surface area contributed by atoms with Crippen LogP contribution >= 0.6 is 0 Å². The Morgan fingerprint density at radius 1 is 1.14 bits per heavy atom. The van der Waals surface area contributed by atoms with Crippen molar-refractivity contribution in [3.63, 3.8) is 0 Å². The molecule has 0 N–H and O–H groups in total. The average Bonchev–Trinajstić information content (AvgIpc) is 2.50. The third-order valence-electron chi connectivity index (χ3n) is 3.14. The van der Waals surface area contributed by atoms with Gasteiger partial charge < -0.3 is 0 Å². The maximum absolute atomic E-state index is 13.0. The Kier molecular flexibility index (Phi) is 3.62. The van der Waals surface area contributed by atoms with Crippen LogP contribution in [0.15, 0.2) is 47.4 Å². The molecule has 0 saturated carbocycles. The summed E-state index contributed by atoms with van der Waals surface area (Å²) < 4.78 is 39.4. The summed E-state index contributed by atoms with van der Waals surface area (Å²) in [6.45, 7) is -0.775. The second-order valence-electron chi connectivity index (χ2n) is 4.62. The third kappa shape index (κ3) is 2.57. The molecule has 3 rings (SSSR count). The topological polar surface area (TPSA) is 47.8 Å². The van der Waals surface area contributed by atoms with Crippen molar-refractivity contribution in [2.45, 2.75) is 13.0 Å². The Hall–Kier alpha value is -2.70. The normalized spacial score (nSPS) is 11.3. The molecule has 0 bridgehead atoms. The first-order valence-electron chi connectivity index (χ1n) is 6.46. The molecular formula is C15H10F3N3O. The Morgan fingerprint density at radius 2 is 1.86 bits per heavy atom. The molecule has 0 spiro atoms. The largest absolute Gasteiger partial charge is 0.284 e. The van der Waals surface area contributed by atoms with Gasteiger partial charge >= 0.3 is 0 Å². The van der Waals surface area contributed by atoms with Gasteiger partial charge in [-0.05, 0) is 36.4 Å². The highest BCUT2D eigenvalue weighted by molar-refractivity contribution is 5.74. The van der Waals surface area contributed by atoms with E-state index in [-0.39, 0.29) is 11.3 Å². The minimum atomic E-state index is -2.70. The van der Waals surface area contributed by atoms with Crippen molar-refractivity contribution < 1.29 is 13.2 Å². The highest BCUT2D eigenvalue weighted by Gasteiger charge is 2.16. The molecule has 0 saturated heterocycles. The molecule has 1 aromatic carbocycles. The lowest BCUT2D eigenvalue weighted by molar-refractivity contribution is 0.126. The van der Waals surface area contributed by atoms with Gasteiger partial charge in [-0.25, -0.2) is 23.1 Å². The highest BCUT2D eigenvalue weighted by atomic mass is 19.3. The van der Waals surface area contributed by atoms with Crippen LogP contribution in [0, 0.1) is 5.82 Å². The van der Waals surface area contributed by atoms with Crippen LogP contribution < -0.4 is 5.56 Å². The Bertz CT molecular complexity index is 875. The average molecular weight is 305 g/mol. The fourth-order valence-corrected chi connectivity index (χ4v) is 2.18. The molecule has 0 aliphatic rings. The predicted molar refractivity (Wildman–Crippen MR) is 75.2 cm³/mol. The Balaban J connectivity index is 2.29. The second kappa shape index (κ2) is 5.59. The van der Waals surface area contributed by atoms with Crippen molar-refractivity contribution in [3.8, 4) is 11.3 Å². The van der Waals surface area contributed by atoms with Crippen molar-refractivity contribution >= 4 is 11.2 Å². The first-order valence-corrected chi connectivity index (χ1v) is 6.46. The number of hydrogen-bond acceptors (Lipinski definition) is 3. The van der Waals surface area contributed by atoms with Gasteiger partial charge in [-0.1, -0.05) is 0 Å². The molecule has 2 aromatic heterocycles. The molecule has 0 radical (unpaired) electrons. The van der Waals surface area contributed by atoms with Gasteiger partial charge in [0.2, 0.25) is 0 Å². The lowest BCUT2D eigenvalue weighted by atomic mass is 10.1. The van der Waals surface area contributed by atoms with Crippen molar-refractivity contribution in [1.82, 2.24) is 14.5 Å². The molecule has 112 valence electrons. The maximum atomic E-state index is 13.0. The number of benzene rings is 1. The van der Waals surface area contributed by atoms with Crippen molar-refractivity contribution in [3.05, 3.63) is 58.8 Å². The summed E-state index contributed by atoms with van der Waals surface area (Å²) in [6, 6.07) is 8.31. The zero-order chi connectivity index (χ0) is 15.7. The van der Waals surface area contributed by atoms with Gasteiger partial charge in [0.1, 0.15) is 17.0 Å². The van der Waals surface area contributed by atoms with E-state index in [1.807, 2.05) is 0 Å². The van der Waals surface area contributed by atoms with E-state index in [0.717, 1.165) is 4.57 Å². The van der Waals surface area contributed by atoms with Gasteiger partial charge in [0, 0.05) is 11.8 Å². The maximum Gasteiger partial charge on any atom is 0.278 e. The molecule has 0 unspecified atom stereocenters. The van der Waals surface area contributed by atoms with Crippen LogP contribution in [0.2, 0.25) is 0 Å². The van der Waals surface area contributed by atoms with Gasteiger partial charge in [-0.3, -0.25) is 9.36 Å². The van der Waals surface area contributed by atoms with E-state index in [1.165, 1.54) is 30.5 Å². The fourth-order valence-electron chi connectivity index (χ4n) is 2.18. The van der Waals surface area contributed by atoms with E-state index in [0.29, 0.717) is 11.1 Å². The summed E-state index contributed by atoms with van der Waals surface area (Å²) in [5.41, 5.74) is 0.0835. The van der Waals surface area contributed by atoms with Crippen molar-refractivity contribution in [2.24, 2.45) is 0 Å². The number of hydrogen-bond donors (Lipinski definition) is 0. The summed E-state index contributed by atoms with van der Waals surface area (Å²) in [4.78, 5) is 20.6. The van der Waals surface area contributed by atoms with Crippen LogP contribution in [0.25, 0.3) is 22.4 Å². The Morgan fingerprint density at radius 3 is 2.55 bits per heavy atom. The molecule has 0 aliphatic carbocycles. The number of alkyl halides is 2. The quantitative estimate of drug-likeness (QED) is 0.747. The molecule has 0 aliphatic heterocycles. The van der Waals surface area contributed by atoms with E-state index >= 15 is 0 Å². The smallest absolute Gasteiger partial charge is 0.278 e. The summed E-state index contributed by atoms with van der Waals surface area (Å²) in [5, 5.41) is 0. The van der Waals surface area contributed by atoms with Crippen molar-refractivity contribution in [1.29, 1.82) is 0 Å². The van der Waals surface area contributed by atoms with Crippen LogP contribution in [0.5, 0.6) is 0 Å². The van der Waals surface area contributed by atoms with Crippen LogP contribution in [0.3, 0.4) is 0 Å². The monoisotopic (exact) mass is 305 g/mol. The summed E-state index contributed by atoms with van der Waals surface area (Å²) in [7, 11) is 0. The molecule has 2 heterocycles. The van der Waals surface area contributed by atoms with Gasteiger partial charge in [0.05, 0.1) is 6.54 Å². The zero-order valence-electron chi connectivity index (χ0n) is 11.2. The van der Waals surface area contributed by atoms with E-state index in [1.54, 1.807) is 12.1 Å². The van der Waals surface area contributed by atoms with Gasteiger partial charge in [0.25, 0.3) is 12.0 Å². The molecule has 3 aromatic rings. The highest BCUT2D eigenvalue weighted by Crippen LogP contribution is 2.17. The molecule has 4 nitrogen and oxygen atoms in total. The first kappa shape index (κ1) is 14.2. The second-order valence-corrected chi connectivity index (χ2v) is 4.62. The lowest BCUT2D eigenvalue weighted by Crippen LogP contribution is -2.27. The number of nitrogens with zero attached hydrogens (tertiary/aromatic N) is 3. The minimum absolute atomic E-state index is 0.0128. The van der Waals surface area contributed by atoms with Crippen LogP contribution in [0.4, 0.5) is 13.2 Å². The number of pyridine rings is 1. The van der Waals surface area contributed by atoms with Crippen LogP contribution in [-0.2, 0) is 6.54 Å². The number of rotatable bonds is 3. The summed E-state index contributed by atoms with van der Waals surface area (Å²) >= 11 is 0. The molecule has 7 heteroatoms. The molecule has 22 heavy (non-hydrogen) atoms. The number of aromatic nitrogens is 3.